The summed E-state index contributed by atoms with van der Waals surface area (Å²) in [5.74, 6) is -0.663. The molecule has 1 aromatic carbocycles. The zero-order chi connectivity index (χ0) is 12.8. The number of esters is 1. The Hall–Kier alpha value is -1.31. The normalized spacial score (nSPS) is 9.76. The van der Waals surface area contributed by atoms with Gasteiger partial charge in [-0.25, -0.2) is 0 Å². The monoisotopic (exact) mass is 350 g/mol. The van der Waals surface area contributed by atoms with Crippen LogP contribution in [0.4, 0.5) is 0 Å². The van der Waals surface area contributed by atoms with Crippen molar-refractivity contribution in [2.45, 2.75) is 6.42 Å². The third kappa shape index (κ3) is 4.22. The van der Waals surface area contributed by atoms with Gasteiger partial charge in [0.05, 0.1) is 18.0 Å². The first-order valence-electron chi connectivity index (χ1n) is 4.72. The van der Waals surface area contributed by atoms with Gasteiger partial charge in [-0.2, -0.15) is 0 Å². The number of benzene rings is 1. The maximum atomic E-state index is 11.1. The van der Waals surface area contributed by atoms with Gasteiger partial charge in [-0.1, -0.05) is 28.7 Å². The molecule has 0 amide bonds. The molecule has 0 spiro atoms. The number of hydrogen-bond donors (Lipinski definition) is 1. The van der Waals surface area contributed by atoms with Crippen molar-refractivity contribution in [3.8, 4) is 11.5 Å². The number of carbonyl (C=O) groups excluding carboxylic acids is 1. The molecular formula is C11H11IO5. The molecule has 1 aromatic rings. The summed E-state index contributed by atoms with van der Waals surface area (Å²) >= 11 is 1.89. The molecule has 5 nitrogen and oxygen atoms in total. The molecule has 0 unspecified atom stereocenters. The number of ether oxygens (including phenoxy) is 2. The molecule has 0 aliphatic rings. The molecular weight excluding hydrogens is 339 g/mol. The smallest absolute Gasteiger partial charge is 0.321 e. The first-order chi connectivity index (χ1) is 8.06. The second-order valence-corrected chi connectivity index (χ2v) is 3.93. The van der Waals surface area contributed by atoms with E-state index in [-0.39, 0.29) is 16.8 Å². The van der Waals surface area contributed by atoms with Gasteiger partial charge in [-0.3, -0.25) is 9.59 Å². The Balaban J connectivity index is 2.92. The van der Waals surface area contributed by atoms with E-state index in [9.17, 15) is 9.59 Å². The second-order valence-electron chi connectivity index (χ2n) is 3.16. The molecule has 0 heterocycles. The molecule has 0 radical (unpaired) electrons. The fraction of sp³-hybridized carbons (Fsp3) is 0.273. The van der Waals surface area contributed by atoms with Crippen molar-refractivity contribution < 1.29 is 24.2 Å². The predicted molar refractivity (Wildman–Crippen MR) is 68.9 cm³/mol. The van der Waals surface area contributed by atoms with E-state index in [0.717, 1.165) is 0 Å². The molecule has 0 saturated carbocycles. The highest BCUT2D eigenvalue weighted by molar-refractivity contribution is 14.1. The van der Waals surface area contributed by atoms with E-state index in [0.29, 0.717) is 17.1 Å². The number of carbonyl (C=O) groups is 2. The fourth-order valence-corrected chi connectivity index (χ4v) is 1.39. The molecule has 6 heteroatoms. The Morgan fingerprint density at radius 3 is 2.59 bits per heavy atom. The first kappa shape index (κ1) is 13.8. The van der Waals surface area contributed by atoms with Crippen LogP contribution in [-0.4, -0.2) is 28.6 Å². The van der Waals surface area contributed by atoms with Crippen LogP contribution in [0.2, 0.25) is 0 Å². The lowest BCUT2D eigenvalue weighted by atomic mass is 10.1. The lowest BCUT2D eigenvalue weighted by molar-refractivity contribution is -0.136. The molecule has 0 atom stereocenters. The summed E-state index contributed by atoms with van der Waals surface area (Å²) in [4.78, 5) is 21.7. The van der Waals surface area contributed by atoms with Gasteiger partial charge in [-0.15, -0.1) is 0 Å². The van der Waals surface area contributed by atoms with Crippen molar-refractivity contribution in [2.75, 3.05) is 11.5 Å². The minimum absolute atomic E-state index is 0.100. The SMILES string of the molecule is COc1cc(CC(=O)O)ccc1OC(=O)CI. The fourth-order valence-electron chi connectivity index (χ4n) is 1.23. The van der Waals surface area contributed by atoms with Crippen LogP contribution in [0.25, 0.3) is 0 Å². The van der Waals surface area contributed by atoms with E-state index < -0.39 is 5.97 Å². The topological polar surface area (TPSA) is 72.8 Å². The lowest BCUT2D eigenvalue weighted by Crippen LogP contribution is -2.09. The summed E-state index contributed by atoms with van der Waals surface area (Å²) < 4.78 is 10.3. The number of carboxylic acids is 1. The Bertz CT molecular complexity index is 430. The van der Waals surface area contributed by atoms with E-state index in [1.807, 2.05) is 22.6 Å². The minimum Gasteiger partial charge on any atom is -0.493 e. The van der Waals surface area contributed by atoms with Crippen LogP contribution < -0.4 is 9.47 Å². The van der Waals surface area contributed by atoms with Crippen molar-refractivity contribution in [3.63, 3.8) is 0 Å². The van der Waals surface area contributed by atoms with Gasteiger partial charge in [0.15, 0.2) is 11.5 Å². The quantitative estimate of drug-likeness (QED) is 0.379. The highest BCUT2D eigenvalue weighted by Gasteiger charge is 2.11. The highest BCUT2D eigenvalue weighted by atomic mass is 127. The van der Waals surface area contributed by atoms with E-state index in [4.69, 9.17) is 14.6 Å². The van der Waals surface area contributed by atoms with Crippen molar-refractivity contribution in [1.29, 1.82) is 0 Å². The van der Waals surface area contributed by atoms with Crippen LogP contribution in [-0.2, 0) is 16.0 Å². The zero-order valence-corrected chi connectivity index (χ0v) is 11.3. The van der Waals surface area contributed by atoms with Gasteiger partial charge in [0.2, 0.25) is 0 Å². The van der Waals surface area contributed by atoms with Gasteiger partial charge in [0, 0.05) is 0 Å². The van der Waals surface area contributed by atoms with Crippen LogP contribution in [0.15, 0.2) is 18.2 Å². The van der Waals surface area contributed by atoms with Crippen LogP contribution in [0.1, 0.15) is 5.56 Å². The number of carboxylic acid groups (broad SMARTS) is 1. The summed E-state index contributed by atoms with van der Waals surface area (Å²) in [5, 5.41) is 8.66. The van der Waals surface area contributed by atoms with E-state index >= 15 is 0 Å². The summed E-state index contributed by atoms with van der Waals surface area (Å²) in [7, 11) is 1.43. The number of methoxy groups -OCH3 is 1. The Labute approximate surface area is 112 Å². The maximum Gasteiger partial charge on any atom is 0.321 e. The van der Waals surface area contributed by atoms with Gasteiger partial charge in [-0.05, 0) is 17.7 Å². The zero-order valence-electron chi connectivity index (χ0n) is 9.10. The molecule has 0 bridgehead atoms. The standard InChI is InChI=1S/C11H11IO5/c1-16-9-4-7(5-10(13)14)2-3-8(9)17-11(15)6-12/h2-4H,5-6H2,1H3,(H,13,14). The minimum atomic E-state index is -0.927. The van der Waals surface area contributed by atoms with E-state index in [2.05, 4.69) is 0 Å². The first-order valence-corrected chi connectivity index (χ1v) is 6.24. The molecule has 0 aliphatic heterocycles. The van der Waals surface area contributed by atoms with Crippen molar-refractivity contribution in [3.05, 3.63) is 23.8 Å². The predicted octanol–water partition coefficient (Wildman–Crippen LogP) is 1.66. The number of alkyl halides is 1. The molecule has 0 fully saturated rings. The van der Waals surface area contributed by atoms with Crippen molar-refractivity contribution in [2.24, 2.45) is 0 Å². The molecule has 92 valence electrons. The Morgan fingerprint density at radius 1 is 1.35 bits per heavy atom. The van der Waals surface area contributed by atoms with Gasteiger partial charge in [0.25, 0.3) is 0 Å². The van der Waals surface area contributed by atoms with E-state index in [1.54, 1.807) is 12.1 Å². The number of hydrogen-bond acceptors (Lipinski definition) is 4. The average molecular weight is 350 g/mol. The largest absolute Gasteiger partial charge is 0.493 e. The van der Waals surface area contributed by atoms with Crippen molar-refractivity contribution in [1.82, 2.24) is 0 Å². The summed E-state index contributed by atoms with van der Waals surface area (Å²) in [6.07, 6.45) is -0.100. The molecule has 0 aromatic heterocycles. The second kappa shape index (κ2) is 6.43. The molecule has 1 rings (SSSR count). The Kier molecular flexibility index (Phi) is 5.20. The molecule has 1 N–H and O–H groups in total. The Morgan fingerprint density at radius 2 is 2.06 bits per heavy atom. The highest BCUT2D eigenvalue weighted by Crippen LogP contribution is 2.28. The van der Waals surface area contributed by atoms with Gasteiger partial charge >= 0.3 is 11.9 Å². The van der Waals surface area contributed by atoms with Crippen LogP contribution in [0.3, 0.4) is 0 Å². The van der Waals surface area contributed by atoms with Crippen LogP contribution in [0, 0.1) is 0 Å². The van der Waals surface area contributed by atoms with Gasteiger partial charge < -0.3 is 14.6 Å². The third-order valence-corrected chi connectivity index (χ3v) is 2.54. The van der Waals surface area contributed by atoms with Crippen LogP contribution >= 0.6 is 22.6 Å². The summed E-state index contributed by atoms with van der Waals surface area (Å²) in [6.45, 7) is 0. The third-order valence-electron chi connectivity index (χ3n) is 1.92. The molecule has 17 heavy (non-hydrogen) atoms. The maximum absolute atomic E-state index is 11.1. The van der Waals surface area contributed by atoms with E-state index in [1.165, 1.54) is 13.2 Å². The van der Waals surface area contributed by atoms with Gasteiger partial charge in [0.1, 0.15) is 0 Å². The lowest BCUT2D eigenvalue weighted by Gasteiger charge is -2.09. The average Bonchev–Trinajstić information content (AvgIpc) is 2.30. The number of halogens is 1. The summed E-state index contributed by atoms with van der Waals surface area (Å²) in [5.41, 5.74) is 0.587. The number of aliphatic carboxylic acids is 1. The summed E-state index contributed by atoms with van der Waals surface area (Å²) in [6, 6.07) is 4.66. The van der Waals surface area contributed by atoms with Crippen LogP contribution in [0.5, 0.6) is 11.5 Å². The molecule has 0 saturated heterocycles. The molecule has 0 aliphatic carbocycles. The number of rotatable bonds is 5. The van der Waals surface area contributed by atoms with Crippen molar-refractivity contribution >= 4 is 34.5 Å².